The average molecular weight is 269 g/mol. The van der Waals surface area contributed by atoms with E-state index in [1.165, 1.54) is 17.7 Å². The van der Waals surface area contributed by atoms with E-state index in [4.69, 9.17) is 9.47 Å². The fraction of sp³-hybridized carbons (Fsp3) is 0.333. The van der Waals surface area contributed by atoms with Crippen molar-refractivity contribution < 1.29 is 9.47 Å². The van der Waals surface area contributed by atoms with Crippen molar-refractivity contribution in [2.75, 3.05) is 12.1 Å². The highest BCUT2D eigenvalue weighted by atomic mass is 16.7. The summed E-state index contributed by atoms with van der Waals surface area (Å²) in [6.07, 6.45) is 4.95. The van der Waals surface area contributed by atoms with Gasteiger partial charge < -0.3 is 14.8 Å². The molecule has 2 aromatic rings. The molecule has 0 saturated heterocycles. The molecule has 1 aliphatic carbocycles. The highest BCUT2D eigenvalue weighted by Gasteiger charge is 2.17. The van der Waals surface area contributed by atoms with Gasteiger partial charge in [-0.3, -0.25) is 0 Å². The van der Waals surface area contributed by atoms with Crippen LogP contribution < -0.4 is 14.8 Å². The van der Waals surface area contributed by atoms with E-state index in [-0.39, 0.29) is 0 Å². The fourth-order valence-corrected chi connectivity index (χ4v) is 2.75. The van der Waals surface area contributed by atoms with Crippen molar-refractivity contribution in [3.8, 4) is 11.5 Å². The molecule has 0 spiro atoms. The first-order valence-electron chi connectivity index (χ1n) is 6.85. The Hall–Kier alpha value is -2.30. The second-order valence-electron chi connectivity index (χ2n) is 5.04. The summed E-state index contributed by atoms with van der Waals surface area (Å²) in [6, 6.07) is 6.00. The molecule has 1 N–H and O–H groups in total. The zero-order valence-corrected chi connectivity index (χ0v) is 11.1. The molecule has 20 heavy (non-hydrogen) atoms. The molecule has 5 nitrogen and oxygen atoms in total. The van der Waals surface area contributed by atoms with Gasteiger partial charge in [0.2, 0.25) is 6.79 Å². The quantitative estimate of drug-likeness (QED) is 0.926. The molecule has 0 amide bonds. The maximum atomic E-state index is 5.39. The Kier molecular flexibility index (Phi) is 2.69. The van der Waals surface area contributed by atoms with Gasteiger partial charge in [-0.05, 0) is 37.0 Å². The Balaban J connectivity index is 1.52. The molecule has 0 saturated carbocycles. The summed E-state index contributed by atoms with van der Waals surface area (Å²) in [5.74, 6) is 2.60. The first-order chi connectivity index (χ1) is 9.90. The van der Waals surface area contributed by atoms with E-state index in [0.29, 0.717) is 6.79 Å². The van der Waals surface area contributed by atoms with Crippen molar-refractivity contribution in [1.29, 1.82) is 0 Å². The Labute approximate surface area is 117 Å². The van der Waals surface area contributed by atoms with Gasteiger partial charge in [0.15, 0.2) is 11.5 Å². The van der Waals surface area contributed by atoms with Crippen molar-refractivity contribution >= 4 is 5.82 Å². The molecule has 102 valence electrons. The van der Waals surface area contributed by atoms with E-state index in [9.17, 15) is 0 Å². The summed E-state index contributed by atoms with van der Waals surface area (Å²) in [4.78, 5) is 8.69. The number of benzene rings is 1. The summed E-state index contributed by atoms with van der Waals surface area (Å²) in [6.45, 7) is 1.03. The van der Waals surface area contributed by atoms with Crippen LogP contribution in [0.5, 0.6) is 11.5 Å². The number of nitrogens with zero attached hydrogens (tertiary/aromatic N) is 2. The van der Waals surface area contributed by atoms with Crippen LogP contribution >= 0.6 is 0 Å². The predicted molar refractivity (Wildman–Crippen MR) is 73.9 cm³/mol. The number of aromatic nitrogens is 2. The van der Waals surface area contributed by atoms with Crippen LogP contribution in [0.3, 0.4) is 0 Å². The molecule has 1 aromatic heterocycles. The van der Waals surface area contributed by atoms with Crippen molar-refractivity contribution in [1.82, 2.24) is 9.97 Å². The van der Waals surface area contributed by atoms with E-state index in [2.05, 4.69) is 15.3 Å². The summed E-state index contributed by atoms with van der Waals surface area (Å²) >= 11 is 0. The molecule has 0 fully saturated rings. The number of hydrogen-bond donors (Lipinski definition) is 1. The third kappa shape index (κ3) is 1.95. The van der Waals surface area contributed by atoms with Gasteiger partial charge in [-0.2, -0.15) is 0 Å². The Morgan fingerprint density at radius 3 is 3.05 bits per heavy atom. The number of rotatable bonds is 3. The molecule has 5 heteroatoms. The first-order valence-corrected chi connectivity index (χ1v) is 6.85. The molecule has 2 aliphatic rings. The lowest BCUT2D eigenvalue weighted by Gasteiger charge is -2.10. The van der Waals surface area contributed by atoms with E-state index >= 15 is 0 Å². The Morgan fingerprint density at radius 2 is 2.05 bits per heavy atom. The number of aryl methyl sites for hydroxylation is 1. The molecule has 1 aromatic carbocycles. The normalized spacial score (nSPS) is 15.2. The largest absolute Gasteiger partial charge is 0.454 e. The second kappa shape index (κ2) is 4.67. The number of fused-ring (bicyclic) bond motifs is 2. The standard InChI is InChI=1S/C15H15N3O2/c1-2-11-12(3-1)17-8-18-15(11)16-7-10-4-5-13-14(6-10)20-9-19-13/h4-6,8H,1-3,7,9H2,(H,16,17,18). The number of anilines is 1. The minimum atomic E-state index is 0.311. The minimum Gasteiger partial charge on any atom is -0.454 e. The van der Waals surface area contributed by atoms with Crippen LogP contribution in [0.25, 0.3) is 0 Å². The fourth-order valence-electron chi connectivity index (χ4n) is 2.75. The van der Waals surface area contributed by atoms with Crippen LogP contribution in [0.1, 0.15) is 23.2 Å². The SMILES string of the molecule is c1nc2c(c(NCc3ccc4c(c3)OCO4)n1)CCC2. The van der Waals surface area contributed by atoms with Gasteiger partial charge >= 0.3 is 0 Å². The highest BCUT2D eigenvalue weighted by Crippen LogP contribution is 2.33. The van der Waals surface area contributed by atoms with Gasteiger partial charge in [0.25, 0.3) is 0 Å². The lowest BCUT2D eigenvalue weighted by atomic mass is 10.2. The van der Waals surface area contributed by atoms with Crippen molar-refractivity contribution in [2.45, 2.75) is 25.8 Å². The van der Waals surface area contributed by atoms with Gasteiger partial charge in [0.1, 0.15) is 12.1 Å². The number of nitrogens with one attached hydrogen (secondary N) is 1. The van der Waals surface area contributed by atoms with Crippen molar-refractivity contribution in [2.24, 2.45) is 0 Å². The topological polar surface area (TPSA) is 56.3 Å². The van der Waals surface area contributed by atoms with Gasteiger partial charge in [-0.1, -0.05) is 6.07 Å². The van der Waals surface area contributed by atoms with Gasteiger partial charge in [-0.15, -0.1) is 0 Å². The van der Waals surface area contributed by atoms with Crippen LogP contribution in [-0.4, -0.2) is 16.8 Å². The predicted octanol–water partition coefficient (Wildman–Crippen LogP) is 2.31. The maximum Gasteiger partial charge on any atom is 0.231 e. The lowest BCUT2D eigenvalue weighted by molar-refractivity contribution is 0.174. The summed E-state index contributed by atoms with van der Waals surface area (Å²) in [7, 11) is 0. The zero-order chi connectivity index (χ0) is 13.4. The third-order valence-corrected chi connectivity index (χ3v) is 3.77. The van der Waals surface area contributed by atoms with Gasteiger partial charge in [0, 0.05) is 17.8 Å². The average Bonchev–Trinajstić information content (AvgIpc) is 3.13. The van der Waals surface area contributed by atoms with Crippen LogP contribution in [0, 0.1) is 0 Å². The minimum absolute atomic E-state index is 0.311. The van der Waals surface area contributed by atoms with E-state index in [1.54, 1.807) is 6.33 Å². The maximum absolute atomic E-state index is 5.39. The van der Waals surface area contributed by atoms with Crippen LogP contribution in [0.15, 0.2) is 24.5 Å². The molecular formula is C15H15N3O2. The smallest absolute Gasteiger partial charge is 0.231 e. The van der Waals surface area contributed by atoms with Gasteiger partial charge in [0.05, 0.1) is 0 Å². The van der Waals surface area contributed by atoms with Crippen molar-refractivity contribution in [3.05, 3.63) is 41.3 Å². The zero-order valence-electron chi connectivity index (χ0n) is 11.1. The lowest BCUT2D eigenvalue weighted by Crippen LogP contribution is -2.05. The molecule has 4 rings (SSSR count). The number of hydrogen-bond acceptors (Lipinski definition) is 5. The highest BCUT2D eigenvalue weighted by molar-refractivity contribution is 5.50. The Bertz CT molecular complexity index is 658. The van der Waals surface area contributed by atoms with Crippen molar-refractivity contribution in [3.63, 3.8) is 0 Å². The molecule has 1 aliphatic heterocycles. The first kappa shape index (κ1) is 11.5. The van der Waals surface area contributed by atoms with E-state index in [1.807, 2.05) is 18.2 Å². The summed E-state index contributed by atoms with van der Waals surface area (Å²) < 4.78 is 10.7. The Morgan fingerprint density at radius 1 is 1.10 bits per heavy atom. The van der Waals surface area contributed by atoms with E-state index < -0.39 is 0 Å². The summed E-state index contributed by atoms with van der Waals surface area (Å²) in [5.41, 5.74) is 3.61. The number of ether oxygens (including phenoxy) is 2. The molecule has 0 atom stereocenters. The third-order valence-electron chi connectivity index (χ3n) is 3.77. The molecule has 0 bridgehead atoms. The summed E-state index contributed by atoms with van der Waals surface area (Å²) in [5, 5.41) is 3.40. The second-order valence-corrected chi connectivity index (χ2v) is 5.04. The van der Waals surface area contributed by atoms with Crippen LogP contribution in [0.4, 0.5) is 5.82 Å². The molecule has 0 unspecified atom stereocenters. The van der Waals surface area contributed by atoms with Crippen LogP contribution in [-0.2, 0) is 19.4 Å². The van der Waals surface area contributed by atoms with E-state index in [0.717, 1.165) is 42.3 Å². The monoisotopic (exact) mass is 269 g/mol. The molecule has 0 radical (unpaired) electrons. The van der Waals surface area contributed by atoms with Crippen LogP contribution in [0.2, 0.25) is 0 Å². The molecule has 2 heterocycles. The van der Waals surface area contributed by atoms with Gasteiger partial charge in [-0.25, -0.2) is 9.97 Å². The molecular weight excluding hydrogens is 254 g/mol.